The van der Waals surface area contributed by atoms with Crippen molar-refractivity contribution in [2.45, 2.75) is 31.8 Å². The first-order chi connectivity index (χ1) is 10.2. The van der Waals surface area contributed by atoms with Crippen LogP contribution in [0.2, 0.25) is 0 Å². The minimum absolute atomic E-state index is 0.0296. The van der Waals surface area contributed by atoms with Gasteiger partial charge in [-0.3, -0.25) is 4.79 Å². The predicted octanol–water partition coefficient (Wildman–Crippen LogP) is 2.19. The smallest absolute Gasteiger partial charge is 0.273 e. The van der Waals surface area contributed by atoms with Crippen molar-refractivity contribution in [3.63, 3.8) is 0 Å². The van der Waals surface area contributed by atoms with Crippen LogP contribution in [0, 0.1) is 5.92 Å². The topological polar surface area (TPSA) is 51.7 Å². The molecule has 0 aliphatic carbocycles. The van der Waals surface area contributed by atoms with Gasteiger partial charge in [-0.15, -0.1) is 11.3 Å². The summed E-state index contributed by atoms with van der Waals surface area (Å²) in [7, 11) is 0. The molecule has 1 amide bonds. The molecule has 3 rings (SSSR count). The molecule has 0 bridgehead atoms. The Balaban J connectivity index is 1.50. The van der Waals surface area contributed by atoms with Crippen LogP contribution in [-0.4, -0.2) is 54.3 Å². The van der Waals surface area contributed by atoms with Gasteiger partial charge in [0.1, 0.15) is 11.3 Å². The fourth-order valence-corrected chi connectivity index (χ4v) is 3.79. The maximum Gasteiger partial charge on any atom is 0.273 e. The molecule has 0 aromatic carbocycles. The average Bonchev–Trinajstić information content (AvgIpc) is 2.99. The van der Waals surface area contributed by atoms with Crippen molar-refractivity contribution in [2.24, 2.45) is 5.92 Å². The summed E-state index contributed by atoms with van der Waals surface area (Å²) in [5, 5.41) is 1.81. The molecule has 0 radical (unpaired) electrons. The van der Waals surface area contributed by atoms with E-state index in [-0.39, 0.29) is 11.5 Å². The van der Waals surface area contributed by atoms with Crippen molar-refractivity contribution in [1.29, 1.82) is 0 Å². The van der Waals surface area contributed by atoms with Gasteiger partial charge in [0.15, 0.2) is 0 Å². The molecule has 2 fully saturated rings. The summed E-state index contributed by atoms with van der Waals surface area (Å²) in [6.45, 7) is 5.85. The normalized spacial score (nSPS) is 24.0. The van der Waals surface area contributed by atoms with Gasteiger partial charge < -0.3 is 14.4 Å². The van der Waals surface area contributed by atoms with Gasteiger partial charge in [0.2, 0.25) is 0 Å². The largest absolute Gasteiger partial charge is 0.382 e. The molecule has 0 N–H and O–H groups in total. The van der Waals surface area contributed by atoms with Crippen LogP contribution in [-0.2, 0) is 9.47 Å². The number of carbonyl (C=O) groups excluding carboxylic acids is 1. The third-order valence-corrected chi connectivity index (χ3v) is 4.95. The summed E-state index contributed by atoms with van der Waals surface area (Å²) >= 11 is 1.45. The first-order valence-electron chi connectivity index (χ1n) is 7.61. The second-order valence-corrected chi connectivity index (χ2v) is 6.63. The number of thiazole rings is 1. The summed E-state index contributed by atoms with van der Waals surface area (Å²) in [6.07, 6.45) is 3.24. The zero-order valence-corrected chi connectivity index (χ0v) is 13.2. The molecular weight excluding hydrogens is 288 g/mol. The molecule has 2 aliphatic rings. The van der Waals surface area contributed by atoms with Crippen molar-refractivity contribution >= 4 is 17.2 Å². The first kappa shape index (κ1) is 14.9. The van der Waals surface area contributed by atoms with Crippen LogP contribution < -0.4 is 0 Å². The Morgan fingerprint density at radius 1 is 1.62 bits per heavy atom. The number of rotatable bonds is 5. The van der Waals surface area contributed by atoms with Crippen molar-refractivity contribution in [3.8, 4) is 0 Å². The fraction of sp³-hybridized carbons (Fsp3) is 0.733. The van der Waals surface area contributed by atoms with Gasteiger partial charge >= 0.3 is 0 Å². The van der Waals surface area contributed by atoms with Gasteiger partial charge in [0.25, 0.3) is 5.91 Å². The molecule has 0 unspecified atom stereocenters. The Labute approximate surface area is 129 Å². The lowest BCUT2D eigenvalue weighted by Gasteiger charge is -2.53. The van der Waals surface area contributed by atoms with E-state index < -0.39 is 0 Å². The highest BCUT2D eigenvalue weighted by molar-refractivity contribution is 7.07. The fourth-order valence-electron chi connectivity index (χ4n) is 3.26. The second kappa shape index (κ2) is 6.42. The van der Waals surface area contributed by atoms with Gasteiger partial charge in [-0.05, 0) is 32.1 Å². The molecule has 5 nitrogen and oxygen atoms in total. The number of nitrogens with zero attached hydrogens (tertiary/aromatic N) is 2. The summed E-state index contributed by atoms with van der Waals surface area (Å²) < 4.78 is 11.4. The van der Waals surface area contributed by atoms with Crippen LogP contribution in [0.15, 0.2) is 10.9 Å². The third kappa shape index (κ3) is 3.27. The highest BCUT2D eigenvalue weighted by Gasteiger charge is 2.49. The van der Waals surface area contributed by atoms with Crippen LogP contribution in [0.25, 0.3) is 0 Å². The molecular formula is C15H22N2O3S. The molecule has 1 atom stereocenters. The van der Waals surface area contributed by atoms with Gasteiger partial charge in [0.05, 0.1) is 18.6 Å². The minimum Gasteiger partial charge on any atom is -0.382 e. The summed E-state index contributed by atoms with van der Waals surface area (Å²) in [5.41, 5.74) is 2.14. The van der Waals surface area contributed by atoms with E-state index in [4.69, 9.17) is 9.47 Å². The molecule has 3 heterocycles. The molecule has 1 aromatic heterocycles. The Morgan fingerprint density at radius 3 is 3.19 bits per heavy atom. The molecule has 1 spiro atoms. The van der Waals surface area contributed by atoms with E-state index in [1.807, 2.05) is 11.8 Å². The summed E-state index contributed by atoms with van der Waals surface area (Å²) in [6, 6.07) is 0. The van der Waals surface area contributed by atoms with Crippen LogP contribution in [0.4, 0.5) is 0 Å². The van der Waals surface area contributed by atoms with Crippen LogP contribution >= 0.6 is 11.3 Å². The lowest BCUT2D eigenvalue weighted by Crippen LogP contribution is -2.66. The van der Waals surface area contributed by atoms with Crippen LogP contribution in [0.1, 0.15) is 36.7 Å². The number of hydrogen-bond donors (Lipinski definition) is 0. The third-order valence-electron chi connectivity index (χ3n) is 4.37. The number of ether oxygens (including phenoxy) is 2. The highest BCUT2D eigenvalue weighted by atomic mass is 32.1. The second-order valence-electron chi connectivity index (χ2n) is 5.91. The predicted molar refractivity (Wildman–Crippen MR) is 80.5 cm³/mol. The quantitative estimate of drug-likeness (QED) is 0.782. The molecule has 6 heteroatoms. The van der Waals surface area contributed by atoms with Crippen LogP contribution in [0.5, 0.6) is 0 Å². The van der Waals surface area contributed by atoms with Gasteiger partial charge in [-0.2, -0.15) is 0 Å². The first-order valence-corrected chi connectivity index (χ1v) is 8.56. The Bertz CT molecular complexity index is 471. The maximum atomic E-state index is 12.2. The van der Waals surface area contributed by atoms with E-state index in [1.165, 1.54) is 11.3 Å². The molecule has 1 aromatic rings. The molecule has 0 saturated carbocycles. The van der Waals surface area contributed by atoms with Crippen molar-refractivity contribution in [3.05, 3.63) is 16.6 Å². The number of likely N-dealkylation sites (tertiary alicyclic amines) is 1. The van der Waals surface area contributed by atoms with Crippen molar-refractivity contribution in [1.82, 2.24) is 9.88 Å². The highest BCUT2D eigenvalue weighted by Crippen LogP contribution is 2.38. The summed E-state index contributed by atoms with van der Waals surface area (Å²) in [4.78, 5) is 18.1. The minimum atomic E-state index is -0.110. The Hall–Kier alpha value is -0.980. The summed E-state index contributed by atoms with van der Waals surface area (Å²) in [5.74, 6) is 0.684. The molecule has 2 saturated heterocycles. The molecule has 21 heavy (non-hydrogen) atoms. The van der Waals surface area contributed by atoms with Crippen molar-refractivity contribution in [2.75, 3.05) is 32.9 Å². The van der Waals surface area contributed by atoms with E-state index in [1.54, 1.807) is 10.9 Å². The Kier molecular flexibility index (Phi) is 4.57. The maximum absolute atomic E-state index is 12.2. The lowest BCUT2D eigenvalue weighted by atomic mass is 9.79. The van der Waals surface area contributed by atoms with E-state index in [9.17, 15) is 4.79 Å². The van der Waals surface area contributed by atoms with Gasteiger partial charge in [-0.1, -0.05) is 0 Å². The zero-order chi connectivity index (χ0) is 14.7. The van der Waals surface area contributed by atoms with E-state index in [0.29, 0.717) is 24.7 Å². The van der Waals surface area contributed by atoms with E-state index >= 15 is 0 Å². The monoisotopic (exact) mass is 310 g/mol. The molecule has 2 aliphatic heterocycles. The van der Waals surface area contributed by atoms with Gasteiger partial charge in [-0.25, -0.2) is 4.98 Å². The number of aromatic nitrogens is 1. The number of carbonyl (C=O) groups is 1. The number of amides is 1. The number of hydrogen-bond acceptors (Lipinski definition) is 5. The Morgan fingerprint density at radius 2 is 2.48 bits per heavy atom. The lowest BCUT2D eigenvalue weighted by molar-refractivity contribution is -0.167. The zero-order valence-electron chi connectivity index (χ0n) is 12.4. The van der Waals surface area contributed by atoms with Gasteiger partial charge in [0, 0.05) is 25.2 Å². The van der Waals surface area contributed by atoms with E-state index in [2.05, 4.69) is 4.98 Å². The molecule has 116 valence electrons. The average molecular weight is 310 g/mol. The SMILES string of the molecule is CCOCC[C@@H]1CCOC2(C1)CN(C(=O)c1cscn1)C2. The van der Waals surface area contributed by atoms with Crippen molar-refractivity contribution < 1.29 is 14.3 Å². The standard InChI is InChI=1S/C15H22N2O3S/c1-2-19-5-3-12-4-6-20-15(7-12)9-17(10-15)14(18)13-8-21-11-16-13/h8,11-12H,2-7,9-10H2,1H3/t12-/m1/s1. The van der Waals surface area contributed by atoms with E-state index in [0.717, 1.165) is 39.1 Å². The van der Waals surface area contributed by atoms with Crippen LogP contribution in [0.3, 0.4) is 0 Å².